The summed E-state index contributed by atoms with van der Waals surface area (Å²) < 4.78 is 0.149. The first-order valence-corrected chi connectivity index (χ1v) is 4.43. The van der Waals surface area contributed by atoms with Gasteiger partial charge in [-0.15, -0.1) is 12.4 Å². The predicted octanol–water partition coefficient (Wildman–Crippen LogP) is 1.58. The molecule has 0 bridgehead atoms. The molecule has 0 aromatic carbocycles. The van der Waals surface area contributed by atoms with Crippen molar-refractivity contribution in [3.05, 3.63) is 0 Å². The Balaban J connectivity index is 0. The van der Waals surface area contributed by atoms with Crippen LogP contribution in [0.15, 0.2) is 0 Å². The minimum Gasteiger partial charge on any atom is -0.330 e. The van der Waals surface area contributed by atoms with E-state index in [0.717, 1.165) is 5.75 Å². The van der Waals surface area contributed by atoms with Gasteiger partial charge in [-0.25, -0.2) is 0 Å². The molecule has 0 unspecified atom stereocenters. The van der Waals surface area contributed by atoms with Gasteiger partial charge in [-0.05, 0) is 6.26 Å². The predicted molar refractivity (Wildman–Crippen MR) is 47.7 cm³/mol. The Hall–Kier alpha value is 0.620. The van der Waals surface area contributed by atoms with Gasteiger partial charge in [0.1, 0.15) is 0 Å². The number of thioether (sulfide) groups is 2. The Morgan fingerprint density at radius 3 is 2.56 bits per heavy atom. The van der Waals surface area contributed by atoms with Crippen LogP contribution in [-0.2, 0) is 0 Å². The molecule has 0 aromatic heterocycles. The molecule has 0 aliphatic carbocycles. The summed E-state index contributed by atoms with van der Waals surface area (Å²) in [6.45, 7) is 0.580. The maximum absolute atomic E-state index is 10.4. The summed E-state index contributed by atoms with van der Waals surface area (Å²) in [5.74, 6) is 0.736. The van der Waals surface area contributed by atoms with Crippen molar-refractivity contribution in [2.45, 2.75) is 0 Å². The van der Waals surface area contributed by atoms with Gasteiger partial charge in [-0.2, -0.15) is 0 Å². The fourth-order valence-corrected chi connectivity index (χ4v) is 1.21. The molecule has 0 amide bonds. The van der Waals surface area contributed by atoms with Gasteiger partial charge in [-0.3, -0.25) is 4.79 Å². The third-order valence-corrected chi connectivity index (χ3v) is 2.37. The third kappa shape index (κ3) is 8.62. The van der Waals surface area contributed by atoms with Crippen molar-refractivity contribution in [3.8, 4) is 0 Å². The van der Waals surface area contributed by atoms with Crippen molar-refractivity contribution >= 4 is 40.4 Å². The fraction of sp³-hybridized carbons (Fsp3) is 0.750. The van der Waals surface area contributed by atoms with Crippen LogP contribution in [0.3, 0.4) is 0 Å². The van der Waals surface area contributed by atoms with Gasteiger partial charge >= 0.3 is 0 Å². The van der Waals surface area contributed by atoms with Crippen molar-refractivity contribution < 1.29 is 4.79 Å². The summed E-state index contributed by atoms with van der Waals surface area (Å²) in [5.41, 5.74) is 5.15. The number of carbonyl (C=O) groups excluding carboxylic acids is 1. The van der Waals surface area contributed by atoms with Crippen LogP contribution in [0.25, 0.3) is 0 Å². The molecule has 0 heterocycles. The Labute approximate surface area is 69.7 Å². The minimum absolute atomic E-state index is 0. The van der Waals surface area contributed by atoms with Crippen LogP contribution in [-0.4, -0.2) is 23.0 Å². The molecule has 0 aromatic rings. The molecule has 0 rings (SSSR count). The molecule has 0 saturated heterocycles. The number of carbonyl (C=O) groups is 1. The standard InChI is InChI=1S/C4H9NOS2.ClH/c1-7-4(6)8-3-2-5;/h2-3,5H2,1H3;1H. The molecule has 0 spiro atoms. The van der Waals surface area contributed by atoms with Crippen LogP contribution < -0.4 is 5.73 Å². The van der Waals surface area contributed by atoms with E-state index in [0.29, 0.717) is 6.54 Å². The summed E-state index contributed by atoms with van der Waals surface area (Å²) in [7, 11) is 0. The van der Waals surface area contributed by atoms with Gasteiger partial charge in [0.05, 0.1) is 0 Å². The monoisotopic (exact) mass is 187 g/mol. The summed E-state index contributed by atoms with van der Waals surface area (Å²) in [4.78, 5) is 10.4. The molecular formula is C4H10ClNOS2. The largest absolute Gasteiger partial charge is 0.330 e. The van der Waals surface area contributed by atoms with E-state index < -0.39 is 0 Å². The molecule has 2 N–H and O–H groups in total. The Morgan fingerprint density at radius 2 is 2.22 bits per heavy atom. The molecule has 0 aliphatic rings. The lowest BCUT2D eigenvalue weighted by Crippen LogP contribution is -2.02. The minimum atomic E-state index is 0. The van der Waals surface area contributed by atoms with E-state index >= 15 is 0 Å². The lowest BCUT2D eigenvalue weighted by molar-refractivity contribution is 0.276. The molecule has 0 aliphatic heterocycles. The summed E-state index contributed by atoms with van der Waals surface area (Å²) >= 11 is 2.51. The molecular weight excluding hydrogens is 178 g/mol. The van der Waals surface area contributed by atoms with Crippen LogP contribution in [0.5, 0.6) is 0 Å². The summed E-state index contributed by atoms with van der Waals surface area (Å²) in [6.07, 6.45) is 1.77. The van der Waals surface area contributed by atoms with Gasteiger partial charge in [-0.1, -0.05) is 23.5 Å². The second kappa shape index (κ2) is 8.62. The van der Waals surface area contributed by atoms with Crippen LogP contribution in [0.1, 0.15) is 0 Å². The van der Waals surface area contributed by atoms with Crippen molar-refractivity contribution in [3.63, 3.8) is 0 Å². The van der Waals surface area contributed by atoms with Gasteiger partial charge in [0.15, 0.2) is 0 Å². The van der Waals surface area contributed by atoms with E-state index in [-0.39, 0.29) is 16.9 Å². The van der Waals surface area contributed by atoms with E-state index in [2.05, 4.69) is 0 Å². The number of rotatable bonds is 2. The molecule has 0 fully saturated rings. The average molecular weight is 188 g/mol. The zero-order chi connectivity index (χ0) is 6.41. The highest BCUT2D eigenvalue weighted by molar-refractivity contribution is 8.38. The Kier molecular flexibility index (Phi) is 11.8. The second-order valence-electron chi connectivity index (χ2n) is 1.09. The normalized spacial score (nSPS) is 8.22. The third-order valence-electron chi connectivity index (χ3n) is 0.504. The lowest BCUT2D eigenvalue weighted by Gasteiger charge is -1.90. The smallest absolute Gasteiger partial charge is 0.245 e. The quantitative estimate of drug-likeness (QED) is 0.713. The van der Waals surface area contributed by atoms with Crippen molar-refractivity contribution in [1.82, 2.24) is 0 Å². The van der Waals surface area contributed by atoms with E-state index in [1.807, 2.05) is 0 Å². The number of halogens is 1. The second-order valence-corrected chi connectivity index (χ2v) is 3.20. The first-order chi connectivity index (χ1) is 3.81. The number of nitrogens with two attached hydrogens (primary N) is 1. The molecule has 0 saturated carbocycles. The zero-order valence-electron chi connectivity index (χ0n) is 5.12. The molecule has 0 atom stereocenters. The highest BCUT2D eigenvalue weighted by atomic mass is 35.5. The maximum Gasteiger partial charge on any atom is 0.245 e. The van der Waals surface area contributed by atoms with E-state index in [9.17, 15) is 4.79 Å². The van der Waals surface area contributed by atoms with Gasteiger partial charge < -0.3 is 5.73 Å². The van der Waals surface area contributed by atoms with Crippen molar-refractivity contribution in [2.75, 3.05) is 18.6 Å². The van der Waals surface area contributed by atoms with E-state index in [1.54, 1.807) is 6.26 Å². The topological polar surface area (TPSA) is 43.1 Å². The van der Waals surface area contributed by atoms with E-state index in [1.165, 1.54) is 23.5 Å². The van der Waals surface area contributed by atoms with Crippen LogP contribution in [0, 0.1) is 0 Å². The highest BCUT2D eigenvalue weighted by Gasteiger charge is 1.95. The van der Waals surface area contributed by atoms with Crippen molar-refractivity contribution in [2.24, 2.45) is 5.73 Å². The van der Waals surface area contributed by atoms with E-state index in [4.69, 9.17) is 5.73 Å². The maximum atomic E-state index is 10.4. The van der Waals surface area contributed by atoms with Crippen LogP contribution in [0.4, 0.5) is 4.79 Å². The van der Waals surface area contributed by atoms with Gasteiger partial charge in [0, 0.05) is 12.3 Å². The molecule has 56 valence electrons. The molecule has 0 radical (unpaired) electrons. The Morgan fingerprint density at radius 1 is 1.67 bits per heavy atom. The van der Waals surface area contributed by atoms with Gasteiger partial charge in [0.25, 0.3) is 0 Å². The average Bonchev–Trinajstić information content (AvgIpc) is 1.83. The molecule has 9 heavy (non-hydrogen) atoms. The summed E-state index contributed by atoms with van der Waals surface area (Å²) in [5, 5.41) is 0. The Bertz CT molecular complexity index is 81.0. The first-order valence-electron chi connectivity index (χ1n) is 2.22. The summed E-state index contributed by atoms with van der Waals surface area (Å²) in [6, 6.07) is 0. The first kappa shape index (κ1) is 12.3. The number of hydrogen-bond acceptors (Lipinski definition) is 4. The zero-order valence-corrected chi connectivity index (χ0v) is 7.57. The van der Waals surface area contributed by atoms with Crippen LogP contribution in [0.2, 0.25) is 0 Å². The molecule has 2 nitrogen and oxygen atoms in total. The van der Waals surface area contributed by atoms with Crippen molar-refractivity contribution in [1.29, 1.82) is 0 Å². The SMILES string of the molecule is CSC(=O)SCCN.Cl. The van der Waals surface area contributed by atoms with Gasteiger partial charge in [0.2, 0.25) is 4.45 Å². The lowest BCUT2D eigenvalue weighted by atomic mass is 10.8. The van der Waals surface area contributed by atoms with Crippen LogP contribution >= 0.6 is 35.9 Å². The number of hydrogen-bond donors (Lipinski definition) is 1. The fourth-order valence-electron chi connectivity index (χ4n) is 0.201. The molecule has 5 heteroatoms. The highest BCUT2D eigenvalue weighted by Crippen LogP contribution is 2.11.